The topological polar surface area (TPSA) is 103 Å². The van der Waals surface area contributed by atoms with E-state index < -0.39 is 14.8 Å². The summed E-state index contributed by atoms with van der Waals surface area (Å²) >= 11 is 0. The Morgan fingerprint density at radius 1 is 1.17 bits per heavy atom. The minimum absolute atomic E-state index is 0.259. The van der Waals surface area contributed by atoms with Gasteiger partial charge in [-0.15, -0.1) is 0 Å². The van der Waals surface area contributed by atoms with Gasteiger partial charge in [-0.3, -0.25) is 9.29 Å². The molecule has 0 aliphatic carbocycles. The molecule has 4 rings (SSSR count). The Balaban J connectivity index is 1.85. The van der Waals surface area contributed by atoms with E-state index in [0.29, 0.717) is 17.1 Å². The van der Waals surface area contributed by atoms with Crippen LogP contribution in [0.4, 0.5) is 5.69 Å². The van der Waals surface area contributed by atoms with Gasteiger partial charge in [0.05, 0.1) is 29.5 Å². The first kappa shape index (κ1) is 19.1. The lowest BCUT2D eigenvalue weighted by Crippen LogP contribution is -2.53. The van der Waals surface area contributed by atoms with E-state index in [1.165, 1.54) is 18.5 Å². The van der Waals surface area contributed by atoms with E-state index >= 15 is 0 Å². The standard InChI is InChI=1S/C19H20N6O3S/c1-19(2)18(23-28-4)17-16(24(3)29(19,26)27)8-7-15(22-17)13-10-21-25(12-13)14-6-5-9-20-11-14/h5-12H,1-4H3/b23-18-. The summed E-state index contributed by atoms with van der Waals surface area (Å²) in [4.78, 5) is 13.8. The molecule has 0 fully saturated rings. The quantitative estimate of drug-likeness (QED) is 0.611. The Hall–Kier alpha value is -3.27. The Bertz CT molecular complexity index is 1200. The van der Waals surface area contributed by atoms with Crippen LogP contribution in [0.5, 0.6) is 0 Å². The number of nitrogens with zero attached hydrogens (tertiary/aromatic N) is 6. The van der Waals surface area contributed by atoms with Crippen molar-refractivity contribution in [2.24, 2.45) is 5.16 Å². The zero-order valence-electron chi connectivity index (χ0n) is 16.4. The van der Waals surface area contributed by atoms with E-state index in [9.17, 15) is 8.42 Å². The molecule has 0 aromatic carbocycles. The maximum atomic E-state index is 12.9. The van der Waals surface area contributed by atoms with Crippen molar-refractivity contribution in [3.8, 4) is 16.9 Å². The van der Waals surface area contributed by atoms with Crippen LogP contribution in [-0.2, 0) is 14.9 Å². The highest BCUT2D eigenvalue weighted by Gasteiger charge is 2.49. The number of oxime groups is 1. The zero-order chi connectivity index (χ0) is 20.8. The van der Waals surface area contributed by atoms with Gasteiger partial charge >= 0.3 is 0 Å². The van der Waals surface area contributed by atoms with E-state index in [1.54, 1.807) is 49.3 Å². The third kappa shape index (κ3) is 2.87. The van der Waals surface area contributed by atoms with Gasteiger partial charge in [-0.25, -0.2) is 18.1 Å². The predicted octanol–water partition coefficient (Wildman–Crippen LogP) is 2.24. The fourth-order valence-corrected chi connectivity index (χ4v) is 4.72. The number of hydrogen-bond donors (Lipinski definition) is 0. The molecule has 1 aliphatic rings. The van der Waals surface area contributed by atoms with Crippen molar-refractivity contribution in [2.45, 2.75) is 18.6 Å². The summed E-state index contributed by atoms with van der Waals surface area (Å²) in [5.41, 5.74) is 3.41. The maximum absolute atomic E-state index is 12.9. The van der Waals surface area contributed by atoms with Crippen molar-refractivity contribution in [3.63, 3.8) is 0 Å². The molecule has 1 aliphatic heterocycles. The van der Waals surface area contributed by atoms with Crippen molar-refractivity contribution < 1.29 is 13.3 Å². The lowest BCUT2D eigenvalue weighted by Gasteiger charge is -2.37. The molecule has 10 heteroatoms. The second-order valence-electron chi connectivity index (χ2n) is 7.05. The minimum Gasteiger partial charge on any atom is -0.399 e. The summed E-state index contributed by atoms with van der Waals surface area (Å²) in [6, 6.07) is 7.21. The summed E-state index contributed by atoms with van der Waals surface area (Å²) < 4.78 is 27.5. The number of sulfonamides is 1. The lowest BCUT2D eigenvalue weighted by atomic mass is 10.0. The maximum Gasteiger partial charge on any atom is 0.246 e. The van der Waals surface area contributed by atoms with Crippen LogP contribution in [-0.4, -0.2) is 52.8 Å². The van der Waals surface area contributed by atoms with Crippen molar-refractivity contribution in [3.05, 3.63) is 54.7 Å². The second-order valence-corrected chi connectivity index (χ2v) is 9.57. The van der Waals surface area contributed by atoms with Gasteiger partial charge in [-0.2, -0.15) is 5.10 Å². The molecule has 3 aromatic heterocycles. The van der Waals surface area contributed by atoms with Gasteiger partial charge in [0.1, 0.15) is 23.3 Å². The van der Waals surface area contributed by atoms with Gasteiger partial charge in [0, 0.05) is 25.0 Å². The average Bonchev–Trinajstić information content (AvgIpc) is 3.21. The molecule has 9 nitrogen and oxygen atoms in total. The molecule has 0 saturated heterocycles. The molecule has 0 spiro atoms. The number of anilines is 1. The SMILES string of the molecule is CO/N=C1/c2nc(-c3cnn(-c4cccnc4)c3)ccc2N(C)S(=O)(=O)C1(C)C. The minimum atomic E-state index is -3.67. The van der Waals surface area contributed by atoms with Gasteiger partial charge < -0.3 is 4.84 Å². The molecule has 0 radical (unpaired) electrons. The highest BCUT2D eigenvalue weighted by Crippen LogP contribution is 2.38. The molecule has 0 saturated carbocycles. The highest BCUT2D eigenvalue weighted by molar-refractivity contribution is 7.95. The molecular weight excluding hydrogens is 392 g/mol. The first-order valence-electron chi connectivity index (χ1n) is 8.84. The highest BCUT2D eigenvalue weighted by atomic mass is 32.2. The number of fused-ring (bicyclic) bond motifs is 1. The third-order valence-electron chi connectivity index (χ3n) is 4.98. The van der Waals surface area contributed by atoms with Crippen molar-refractivity contribution >= 4 is 21.4 Å². The van der Waals surface area contributed by atoms with Crippen LogP contribution in [0.15, 0.2) is 54.2 Å². The smallest absolute Gasteiger partial charge is 0.246 e. The van der Waals surface area contributed by atoms with Crippen LogP contribution in [0, 0.1) is 0 Å². The van der Waals surface area contributed by atoms with E-state index in [4.69, 9.17) is 9.82 Å². The van der Waals surface area contributed by atoms with Gasteiger partial charge in [0.2, 0.25) is 10.0 Å². The summed E-state index contributed by atoms with van der Waals surface area (Å²) in [7, 11) is -0.775. The molecule has 150 valence electrons. The summed E-state index contributed by atoms with van der Waals surface area (Å²) in [6.07, 6.45) is 6.95. The van der Waals surface area contributed by atoms with Crippen LogP contribution in [0.3, 0.4) is 0 Å². The zero-order valence-corrected chi connectivity index (χ0v) is 17.3. The van der Waals surface area contributed by atoms with Gasteiger partial charge in [-0.05, 0) is 38.1 Å². The van der Waals surface area contributed by atoms with Crippen LogP contribution < -0.4 is 4.31 Å². The number of rotatable bonds is 3. The molecular formula is C19H20N6O3S. The molecule has 0 bridgehead atoms. The average molecular weight is 412 g/mol. The number of hydrogen-bond acceptors (Lipinski definition) is 7. The lowest BCUT2D eigenvalue weighted by molar-refractivity contribution is 0.212. The first-order chi connectivity index (χ1) is 13.8. The molecule has 3 aromatic rings. The summed E-state index contributed by atoms with van der Waals surface area (Å²) in [5.74, 6) is 0. The predicted molar refractivity (Wildman–Crippen MR) is 110 cm³/mol. The van der Waals surface area contributed by atoms with Crippen LogP contribution in [0.1, 0.15) is 19.5 Å². The molecule has 0 N–H and O–H groups in total. The van der Waals surface area contributed by atoms with Crippen LogP contribution in [0.25, 0.3) is 16.9 Å². The van der Waals surface area contributed by atoms with Crippen LogP contribution >= 0.6 is 0 Å². The van der Waals surface area contributed by atoms with E-state index in [2.05, 4.69) is 15.2 Å². The molecule has 0 unspecified atom stereocenters. The van der Waals surface area contributed by atoms with E-state index in [-0.39, 0.29) is 5.71 Å². The fraction of sp³-hybridized carbons (Fsp3) is 0.263. The monoisotopic (exact) mass is 412 g/mol. The fourth-order valence-electron chi connectivity index (χ4n) is 3.25. The Morgan fingerprint density at radius 2 is 1.97 bits per heavy atom. The first-order valence-corrected chi connectivity index (χ1v) is 10.3. The van der Waals surface area contributed by atoms with E-state index in [0.717, 1.165) is 11.3 Å². The molecule has 0 atom stereocenters. The number of aromatic nitrogens is 4. The van der Waals surface area contributed by atoms with Gasteiger partial charge in [-0.1, -0.05) is 5.16 Å². The Labute approximate surface area is 168 Å². The Morgan fingerprint density at radius 3 is 2.66 bits per heavy atom. The molecule has 0 amide bonds. The number of pyridine rings is 2. The van der Waals surface area contributed by atoms with Gasteiger partial charge in [0.15, 0.2) is 0 Å². The van der Waals surface area contributed by atoms with Crippen molar-refractivity contribution in [1.29, 1.82) is 0 Å². The summed E-state index contributed by atoms with van der Waals surface area (Å²) in [6.45, 7) is 3.18. The Kier molecular flexibility index (Phi) is 4.38. The van der Waals surface area contributed by atoms with Crippen molar-refractivity contribution in [1.82, 2.24) is 19.7 Å². The van der Waals surface area contributed by atoms with Crippen LogP contribution in [0.2, 0.25) is 0 Å². The molecule has 4 heterocycles. The van der Waals surface area contributed by atoms with Gasteiger partial charge in [0.25, 0.3) is 0 Å². The molecule has 29 heavy (non-hydrogen) atoms. The second kappa shape index (κ2) is 6.66. The van der Waals surface area contributed by atoms with Crippen molar-refractivity contribution in [2.75, 3.05) is 18.5 Å². The normalized spacial score (nSPS) is 18.5. The third-order valence-corrected chi connectivity index (χ3v) is 7.39. The largest absolute Gasteiger partial charge is 0.399 e. The van der Waals surface area contributed by atoms with E-state index in [1.807, 2.05) is 18.3 Å². The summed E-state index contributed by atoms with van der Waals surface area (Å²) in [5, 5.41) is 8.39.